The second-order valence-electron chi connectivity index (χ2n) is 7.43. The van der Waals surface area contributed by atoms with Gasteiger partial charge in [-0.1, -0.05) is 0 Å². The molecule has 8 nitrogen and oxygen atoms in total. The minimum Gasteiger partial charge on any atom is -0.305 e. The van der Waals surface area contributed by atoms with E-state index >= 15 is 0 Å². The van der Waals surface area contributed by atoms with Crippen molar-refractivity contribution in [1.82, 2.24) is 14.8 Å². The number of hydrogen-bond acceptors (Lipinski definition) is 4. The van der Waals surface area contributed by atoms with E-state index in [0.717, 1.165) is 0 Å². The number of pyridine rings is 1. The van der Waals surface area contributed by atoms with Crippen LogP contribution in [0, 0.1) is 5.82 Å². The molecule has 2 amide bonds. The lowest BCUT2D eigenvalue weighted by Crippen LogP contribution is -2.22. The third kappa shape index (κ3) is 4.18. The number of anilines is 1. The SMILES string of the molecule is N[S@@](=O)(=NC(=O)Nc1c2c(nc(C(F)(F)F)c1C1CC1)CCC2)c1nn(C(F)F)cc1F. The molecule has 3 N–H and O–H groups in total. The minimum absolute atomic E-state index is 0.121. The summed E-state index contributed by atoms with van der Waals surface area (Å²) >= 11 is 0. The topological polar surface area (TPSA) is 115 Å². The van der Waals surface area contributed by atoms with E-state index in [9.17, 15) is 35.3 Å². The van der Waals surface area contributed by atoms with Gasteiger partial charge in [-0.05, 0) is 43.6 Å². The van der Waals surface area contributed by atoms with Crippen LogP contribution in [0.5, 0.6) is 0 Å². The van der Waals surface area contributed by atoms with Crippen LogP contribution >= 0.6 is 0 Å². The van der Waals surface area contributed by atoms with E-state index in [2.05, 4.69) is 19.8 Å². The molecule has 0 unspecified atom stereocenters. The zero-order valence-electron chi connectivity index (χ0n) is 16.1. The molecule has 0 aliphatic heterocycles. The van der Waals surface area contributed by atoms with Gasteiger partial charge in [0, 0.05) is 11.3 Å². The first-order valence-corrected chi connectivity index (χ1v) is 11.0. The van der Waals surface area contributed by atoms with Crippen LogP contribution in [0.1, 0.15) is 54.2 Å². The molecule has 1 fully saturated rings. The van der Waals surface area contributed by atoms with Crippen molar-refractivity contribution < 1.29 is 35.3 Å². The van der Waals surface area contributed by atoms with E-state index < -0.39 is 51.1 Å². The molecule has 32 heavy (non-hydrogen) atoms. The summed E-state index contributed by atoms with van der Waals surface area (Å²) in [6.45, 7) is -3.26. The van der Waals surface area contributed by atoms with Crippen molar-refractivity contribution in [1.29, 1.82) is 0 Å². The van der Waals surface area contributed by atoms with Gasteiger partial charge in [0.2, 0.25) is 5.03 Å². The van der Waals surface area contributed by atoms with Crippen LogP contribution in [-0.4, -0.2) is 25.0 Å². The Morgan fingerprint density at radius 1 is 1.31 bits per heavy atom. The number of alkyl halides is 5. The lowest BCUT2D eigenvalue weighted by Gasteiger charge is -2.19. The summed E-state index contributed by atoms with van der Waals surface area (Å²) in [5.41, 5.74) is -0.804. The van der Waals surface area contributed by atoms with Crippen LogP contribution < -0.4 is 10.5 Å². The Hall–Kier alpha value is -2.68. The number of amides is 2. The Bertz CT molecular complexity index is 1210. The van der Waals surface area contributed by atoms with E-state index in [1.165, 1.54) is 0 Å². The van der Waals surface area contributed by atoms with Gasteiger partial charge >= 0.3 is 18.8 Å². The Morgan fingerprint density at radius 3 is 2.56 bits per heavy atom. The fourth-order valence-corrected chi connectivity index (χ4v) is 4.59. The van der Waals surface area contributed by atoms with Gasteiger partial charge in [-0.15, -0.1) is 4.36 Å². The van der Waals surface area contributed by atoms with Crippen molar-refractivity contribution in [3.63, 3.8) is 0 Å². The first-order valence-electron chi connectivity index (χ1n) is 9.40. The molecule has 2 aromatic heterocycles. The highest BCUT2D eigenvalue weighted by atomic mass is 32.2. The number of nitrogens with one attached hydrogen (secondary N) is 1. The number of aromatic nitrogens is 3. The summed E-state index contributed by atoms with van der Waals surface area (Å²) in [6, 6.07) is -1.42. The van der Waals surface area contributed by atoms with Crippen molar-refractivity contribution in [3.8, 4) is 0 Å². The molecule has 15 heteroatoms. The number of aryl methyl sites for hydroxylation is 1. The van der Waals surface area contributed by atoms with Crippen molar-refractivity contribution in [3.05, 3.63) is 34.5 Å². The molecule has 0 aromatic carbocycles. The van der Waals surface area contributed by atoms with E-state index in [1.54, 1.807) is 0 Å². The van der Waals surface area contributed by atoms with Gasteiger partial charge in [-0.3, -0.25) is 0 Å². The van der Waals surface area contributed by atoms with Gasteiger partial charge in [0.1, 0.15) is 5.69 Å². The van der Waals surface area contributed by atoms with Crippen molar-refractivity contribution in [2.75, 3.05) is 5.32 Å². The van der Waals surface area contributed by atoms with Gasteiger partial charge < -0.3 is 5.32 Å². The number of rotatable bonds is 4. The number of halogens is 6. The maximum absolute atomic E-state index is 13.9. The second kappa shape index (κ2) is 7.72. The molecule has 4 rings (SSSR count). The summed E-state index contributed by atoms with van der Waals surface area (Å²) < 4.78 is 95.7. The highest BCUT2D eigenvalue weighted by molar-refractivity contribution is 7.91. The molecule has 0 bridgehead atoms. The fraction of sp³-hybridized carbons (Fsp3) is 0.471. The standard InChI is InChI=1S/C17H16F6N6O2S/c18-9-6-29(15(19)20)27-14(9)32(24,31)28-16(30)26-12-8-2-1-3-10(8)25-13(17(21,22)23)11(12)7-4-5-7/h6-7,15H,1-5H2,(H3,24,25,26,28,30,31)/t32-/m1/s1. The van der Waals surface area contributed by atoms with Crippen molar-refractivity contribution in [2.24, 2.45) is 9.50 Å². The van der Waals surface area contributed by atoms with E-state index in [1.807, 2.05) is 0 Å². The minimum atomic E-state index is -4.77. The molecule has 2 aliphatic rings. The predicted molar refractivity (Wildman–Crippen MR) is 98.7 cm³/mol. The summed E-state index contributed by atoms with van der Waals surface area (Å²) in [5, 5.41) is 9.47. The number of nitrogens with two attached hydrogens (primary N) is 1. The molecule has 2 aliphatic carbocycles. The molecule has 1 atom stereocenters. The molecule has 2 heterocycles. The monoisotopic (exact) mass is 482 g/mol. The van der Waals surface area contributed by atoms with E-state index in [-0.39, 0.29) is 34.2 Å². The predicted octanol–water partition coefficient (Wildman–Crippen LogP) is 4.13. The van der Waals surface area contributed by atoms with Gasteiger partial charge in [0.05, 0.1) is 11.9 Å². The zero-order valence-corrected chi connectivity index (χ0v) is 16.9. The van der Waals surface area contributed by atoms with Crippen LogP contribution in [0.25, 0.3) is 0 Å². The lowest BCUT2D eigenvalue weighted by atomic mass is 10.00. The van der Waals surface area contributed by atoms with Crippen LogP contribution in [0.4, 0.5) is 36.8 Å². The molecule has 0 saturated heterocycles. The fourth-order valence-electron chi connectivity index (χ4n) is 3.67. The van der Waals surface area contributed by atoms with Gasteiger partial charge in [0.25, 0.3) is 0 Å². The lowest BCUT2D eigenvalue weighted by molar-refractivity contribution is -0.141. The molecule has 174 valence electrons. The third-order valence-corrected chi connectivity index (χ3v) is 6.37. The number of carbonyl (C=O) groups excluding carboxylic acids is 1. The van der Waals surface area contributed by atoms with Gasteiger partial charge in [0.15, 0.2) is 15.7 Å². The molecule has 0 spiro atoms. The third-order valence-electron chi connectivity index (χ3n) is 5.10. The van der Waals surface area contributed by atoms with Crippen molar-refractivity contribution >= 4 is 21.6 Å². The van der Waals surface area contributed by atoms with Crippen LogP contribution in [0.2, 0.25) is 0 Å². The average molecular weight is 482 g/mol. The highest BCUT2D eigenvalue weighted by Gasteiger charge is 2.43. The number of nitrogens with zero attached hydrogens (tertiary/aromatic N) is 4. The first-order chi connectivity index (χ1) is 14.9. The summed E-state index contributed by atoms with van der Waals surface area (Å²) in [4.78, 5) is 16.3. The van der Waals surface area contributed by atoms with E-state index in [4.69, 9.17) is 5.14 Å². The number of hydrogen-bond donors (Lipinski definition) is 2. The molecular weight excluding hydrogens is 466 g/mol. The quantitative estimate of drug-likeness (QED) is 0.638. The van der Waals surface area contributed by atoms with E-state index in [0.29, 0.717) is 31.2 Å². The number of carbonyl (C=O) groups is 1. The largest absolute Gasteiger partial charge is 0.433 e. The average Bonchev–Trinajstić information content (AvgIpc) is 3.23. The summed E-state index contributed by atoms with van der Waals surface area (Å²) in [7, 11) is -4.41. The normalized spacial score (nSPS) is 17.9. The second-order valence-corrected chi connectivity index (χ2v) is 9.14. The van der Waals surface area contributed by atoms with Gasteiger partial charge in [-0.2, -0.15) is 27.1 Å². The molecular formula is C17H16F6N6O2S. The molecule has 1 saturated carbocycles. The summed E-state index contributed by atoms with van der Waals surface area (Å²) in [5.74, 6) is -1.95. The Kier molecular flexibility index (Phi) is 5.43. The van der Waals surface area contributed by atoms with Gasteiger partial charge in [-0.25, -0.2) is 28.2 Å². The highest BCUT2D eigenvalue weighted by Crippen LogP contribution is 2.50. The maximum Gasteiger partial charge on any atom is 0.433 e. The first kappa shape index (κ1) is 22.5. The Morgan fingerprint density at radius 2 is 2.00 bits per heavy atom. The smallest absolute Gasteiger partial charge is 0.305 e. The van der Waals surface area contributed by atoms with Crippen LogP contribution in [0.15, 0.2) is 15.6 Å². The Balaban J connectivity index is 1.75. The molecule has 2 aromatic rings. The number of urea groups is 1. The number of fused-ring (bicyclic) bond motifs is 1. The Labute approximate surface area is 177 Å². The van der Waals surface area contributed by atoms with Crippen molar-refractivity contribution in [2.45, 2.75) is 55.8 Å². The summed E-state index contributed by atoms with van der Waals surface area (Å²) in [6.07, 6.45) is -2.43. The molecule has 0 radical (unpaired) electrons. The van der Waals surface area contributed by atoms with Crippen LogP contribution in [-0.2, 0) is 28.9 Å². The maximum atomic E-state index is 13.9. The van der Waals surface area contributed by atoms with Crippen LogP contribution in [0.3, 0.4) is 0 Å². The zero-order chi connectivity index (χ0) is 23.4.